The first kappa shape index (κ1) is 12.0. The van der Waals surface area contributed by atoms with Crippen LogP contribution in [0.5, 0.6) is 0 Å². The molecular weight excluding hydrogens is 236 g/mol. The molecule has 1 aliphatic heterocycles. The van der Waals surface area contributed by atoms with Crippen LogP contribution in [-0.2, 0) is 4.79 Å². The van der Waals surface area contributed by atoms with Gasteiger partial charge in [-0.2, -0.15) is 5.26 Å². The number of rotatable bonds is 3. The number of nitriles is 1. The van der Waals surface area contributed by atoms with Crippen LogP contribution in [0.25, 0.3) is 10.4 Å². The van der Waals surface area contributed by atoms with Crippen LogP contribution in [0, 0.1) is 24.2 Å². The van der Waals surface area contributed by atoms with Gasteiger partial charge in [0, 0.05) is 24.4 Å². The van der Waals surface area contributed by atoms with Gasteiger partial charge in [-0.05, 0) is 18.4 Å². The Morgan fingerprint density at radius 1 is 1.78 bits per heavy atom. The molecule has 2 rings (SSSR count). The normalized spacial score (nSPS) is 18.6. The lowest BCUT2D eigenvalue weighted by Gasteiger charge is -2.11. The summed E-state index contributed by atoms with van der Waals surface area (Å²) in [7, 11) is 0. The lowest BCUT2D eigenvalue weighted by Crippen LogP contribution is -2.25. The van der Waals surface area contributed by atoms with Crippen molar-refractivity contribution in [3.05, 3.63) is 21.7 Å². The first-order chi connectivity index (χ1) is 8.67. The van der Waals surface area contributed by atoms with Gasteiger partial charge < -0.3 is 4.52 Å². The Hall–Kier alpha value is -2.52. The van der Waals surface area contributed by atoms with Crippen molar-refractivity contribution in [1.82, 2.24) is 5.16 Å². The summed E-state index contributed by atoms with van der Waals surface area (Å²) >= 11 is 0. The lowest BCUT2D eigenvalue weighted by atomic mass is 10.1. The Morgan fingerprint density at radius 2 is 2.56 bits per heavy atom. The number of anilines is 1. The number of nitrogens with zero attached hydrogens (tertiary/aromatic N) is 6. The maximum Gasteiger partial charge on any atom is 0.252 e. The first-order valence-corrected chi connectivity index (χ1v) is 5.35. The SMILES string of the molecule is Cc1noc(N2CC(CN=[N+]=[N-])CC2=O)c1C#N. The third-order valence-corrected chi connectivity index (χ3v) is 2.81. The van der Waals surface area contributed by atoms with Crippen molar-refractivity contribution in [2.75, 3.05) is 18.0 Å². The molecule has 2 heterocycles. The molecule has 18 heavy (non-hydrogen) atoms. The van der Waals surface area contributed by atoms with E-state index in [0.29, 0.717) is 12.2 Å². The van der Waals surface area contributed by atoms with Crippen molar-refractivity contribution in [2.45, 2.75) is 13.3 Å². The zero-order chi connectivity index (χ0) is 13.1. The summed E-state index contributed by atoms with van der Waals surface area (Å²) in [5.74, 6) is -0.0189. The van der Waals surface area contributed by atoms with E-state index >= 15 is 0 Å². The van der Waals surface area contributed by atoms with Crippen LogP contribution in [0.4, 0.5) is 5.88 Å². The van der Waals surface area contributed by atoms with Gasteiger partial charge in [0.1, 0.15) is 17.3 Å². The molecule has 0 aliphatic carbocycles. The second kappa shape index (κ2) is 4.77. The van der Waals surface area contributed by atoms with E-state index in [1.165, 1.54) is 4.90 Å². The van der Waals surface area contributed by atoms with Crippen molar-refractivity contribution < 1.29 is 9.32 Å². The molecule has 1 unspecified atom stereocenters. The van der Waals surface area contributed by atoms with Gasteiger partial charge in [-0.3, -0.25) is 9.69 Å². The maximum absolute atomic E-state index is 11.8. The molecule has 1 aromatic rings. The fourth-order valence-electron chi connectivity index (χ4n) is 1.92. The van der Waals surface area contributed by atoms with E-state index in [4.69, 9.17) is 15.3 Å². The van der Waals surface area contributed by atoms with Crippen molar-refractivity contribution in [3.63, 3.8) is 0 Å². The fourth-order valence-corrected chi connectivity index (χ4v) is 1.92. The Morgan fingerprint density at radius 3 is 3.22 bits per heavy atom. The minimum absolute atomic E-state index is 0.0506. The third kappa shape index (κ3) is 1.99. The quantitative estimate of drug-likeness (QED) is 0.456. The second-order valence-electron chi connectivity index (χ2n) is 4.05. The third-order valence-electron chi connectivity index (χ3n) is 2.81. The molecule has 0 spiro atoms. The van der Waals surface area contributed by atoms with Crippen LogP contribution in [0.15, 0.2) is 9.64 Å². The van der Waals surface area contributed by atoms with Gasteiger partial charge in [0.2, 0.25) is 5.91 Å². The predicted octanol–water partition coefficient (Wildman–Crippen LogP) is 1.52. The molecule has 0 N–H and O–H groups in total. The summed E-state index contributed by atoms with van der Waals surface area (Å²) in [5, 5.41) is 16.1. The highest BCUT2D eigenvalue weighted by atomic mass is 16.5. The maximum atomic E-state index is 11.8. The van der Waals surface area contributed by atoms with Gasteiger partial charge in [-0.1, -0.05) is 10.3 Å². The van der Waals surface area contributed by atoms with Crippen molar-refractivity contribution in [1.29, 1.82) is 5.26 Å². The molecule has 1 atom stereocenters. The van der Waals surface area contributed by atoms with E-state index in [0.717, 1.165) is 0 Å². The van der Waals surface area contributed by atoms with Crippen molar-refractivity contribution in [2.24, 2.45) is 11.0 Å². The number of hydrogen-bond acceptors (Lipinski definition) is 5. The van der Waals surface area contributed by atoms with Gasteiger partial charge in [0.05, 0.1) is 0 Å². The summed E-state index contributed by atoms with van der Waals surface area (Å²) in [6, 6.07) is 1.97. The summed E-state index contributed by atoms with van der Waals surface area (Å²) in [5.41, 5.74) is 8.98. The van der Waals surface area contributed by atoms with Crippen molar-refractivity contribution >= 4 is 11.8 Å². The van der Waals surface area contributed by atoms with Crippen LogP contribution in [0.2, 0.25) is 0 Å². The summed E-state index contributed by atoms with van der Waals surface area (Å²) in [4.78, 5) is 15.9. The average Bonchev–Trinajstić information content (AvgIpc) is 2.89. The summed E-state index contributed by atoms with van der Waals surface area (Å²) in [6.07, 6.45) is 0.281. The van der Waals surface area contributed by atoms with Crippen LogP contribution in [-0.4, -0.2) is 24.2 Å². The Bertz CT molecular complexity index is 565. The predicted molar refractivity (Wildman–Crippen MR) is 60.4 cm³/mol. The molecular formula is C10H10N6O2. The first-order valence-electron chi connectivity index (χ1n) is 5.35. The molecule has 1 aromatic heterocycles. The standard InChI is InChI=1S/C10H10N6O2/c1-6-8(3-11)10(18-14-6)16-5-7(2-9(16)17)4-13-15-12/h7H,2,4-5H2,1H3. The molecule has 8 nitrogen and oxygen atoms in total. The van der Waals surface area contributed by atoms with E-state index in [1.54, 1.807) is 6.92 Å². The van der Waals surface area contributed by atoms with Crippen molar-refractivity contribution in [3.8, 4) is 6.07 Å². The van der Waals surface area contributed by atoms with E-state index in [-0.39, 0.29) is 36.2 Å². The summed E-state index contributed by atoms with van der Waals surface area (Å²) < 4.78 is 5.02. The average molecular weight is 246 g/mol. The molecule has 0 aromatic carbocycles. The molecule has 1 saturated heterocycles. The molecule has 0 bridgehead atoms. The van der Waals surface area contributed by atoms with E-state index in [1.807, 2.05) is 6.07 Å². The van der Waals surface area contributed by atoms with Gasteiger partial charge in [-0.15, -0.1) is 0 Å². The molecule has 0 saturated carbocycles. The minimum Gasteiger partial charge on any atom is -0.336 e. The lowest BCUT2D eigenvalue weighted by molar-refractivity contribution is -0.117. The fraction of sp³-hybridized carbons (Fsp3) is 0.500. The van der Waals surface area contributed by atoms with Crippen LogP contribution in [0.3, 0.4) is 0 Å². The van der Waals surface area contributed by atoms with Gasteiger partial charge in [-0.25, -0.2) is 0 Å². The van der Waals surface area contributed by atoms with Crippen LogP contribution >= 0.6 is 0 Å². The number of aryl methyl sites for hydroxylation is 1. The minimum atomic E-state index is -0.152. The number of amides is 1. The largest absolute Gasteiger partial charge is 0.336 e. The van der Waals surface area contributed by atoms with E-state index in [2.05, 4.69) is 15.2 Å². The van der Waals surface area contributed by atoms with Crippen LogP contribution in [0.1, 0.15) is 17.7 Å². The van der Waals surface area contributed by atoms with E-state index < -0.39 is 0 Å². The Labute approximate surface area is 102 Å². The van der Waals surface area contributed by atoms with Gasteiger partial charge in [0.25, 0.3) is 5.88 Å². The highest BCUT2D eigenvalue weighted by Crippen LogP contribution is 2.29. The smallest absolute Gasteiger partial charge is 0.252 e. The number of carbonyl (C=O) groups is 1. The van der Waals surface area contributed by atoms with E-state index in [9.17, 15) is 4.79 Å². The Kier molecular flexibility index (Phi) is 3.17. The highest BCUT2D eigenvalue weighted by molar-refractivity contribution is 5.95. The second-order valence-corrected chi connectivity index (χ2v) is 4.05. The molecule has 92 valence electrons. The molecule has 1 aliphatic rings. The highest BCUT2D eigenvalue weighted by Gasteiger charge is 2.34. The van der Waals surface area contributed by atoms with Crippen LogP contribution < -0.4 is 4.90 Å². The van der Waals surface area contributed by atoms with Gasteiger partial charge >= 0.3 is 0 Å². The zero-order valence-corrected chi connectivity index (χ0v) is 9.70. The summed E-state index contributed by atoms with van der Waals surface area (Å²) in [6.45, 7) is 2.28. The number of hydrogen-bond donors (Lipinski definition) is 0. The Balaban J connectivity index is 2.22. The zero-order valence-electron chi connectivity index (χ0n) is 9.70. The molecule has 1 amide bonds. The van der Waals surface area contributed by atoms with Gasteiger partial charge in [0.15, 0.2) is 0 Å². The molecule has 1 fully saturated rings. The number of azide groups is 1. The number of aromatic nitrogens is 1. The molecule has 8 heteroatoms. The number of carbonyl (C=O) groups excluding carboxylic acids is 1. The molecule has 0 radical (unpaired) electrons. The monoisotopic (exact) mass is 246 g/mol. The topological polar surface area (TPSA) is 119 Å².